The predicted octanol–water partition coefficient (Wildman–Crippen LogP) is 5.14. The molecule has 1 amide bonds. The summed E-state index contributed by atoms with van der Waals surface area (Å²) in [4.78, 5) is 12.5. The van der Waals surface area contributed by atoms with E-state index in [0.717, 1.165) is 12.8 Å². The van der Waals surface area contributed by atoms with Gasteiger partial charge in [-0.2, -0.15) is 10.2 Å². The van der Waals surface area contributed by atoms with Crippen molar-refractivity contribution in [2.45, 2.75) is 38.3 Å². The molecule has 0 spiro atoms. The van der Waals surface area contributed by atoms with Gasteiger partial charge in [-0.05, 0) is 34.8 Å². The summed E-state index contributed by atoms with van der Waals surface area (Å²) in [7, 11) is 0. The first-order valence-corrected chi connectivity index (χ1v) is 10.3. The van der Waals surface area contributed by atoms with Gasteiger partial charge in [0.05, 0.1) is 21.7 Å². The highest BCUT2D eigenvalue weighted by molar-refractivity contribution is 9.10. The summed E-state index contributed by atoms with van der Waals surface area (Å²) in [5, 5.41) is 10.6. The molecule has 0 radical (unpaired) electrons. The van der Waals surface area contributed by atoms with Crippen molar-refractivity contribution in [2.75, 3.05) is 5.32 Å². The summed E-state index contributed by atoms with van der Waals surface area (Å²) in [5.41, 5.74) is 0.401. The third-order valence-corrected chi connectivity index (χ3v) is 5.65. The first-order chi connectivity index (χ1) is 14.3. The largest absolute Gasteiger partial charge is 0.307 e. The number of carbonyl (C=O) groups is 1. The van der Waals surface area contributed by atoms with Crippen molar-refractivity contribution in [1.82, 2.24) is 19.6 Å². The zero-order valence-corrected chi connectivity index (χ0v) is 17.8. The van der Waals surface area contributed by atoms with Gasteiger partial charge in [-0.1, -0.05) is 29.8 Å². The van der Waals surface area contributed by atoms with Crippen LogP contribution < -0.4 is 5.32 Å². The van der Waals surface area contributed by atoms with E-state index in [9.17, 15) is 18.0 Å². The summed E-state index contributed by atoms with van der Waals surface area (Å²) in [6.45, 7) is -0.0929. The van der Waals surface area contributed by atoms with Gasteiger partial charge in [-0.3, -0.25) is 14.2 Å². The number of hydrogen-bond acceptors (Lipinski definition) is 3. The first kappa shape index (κ1) is 20.9. The van der Waals surface area contributed by atoms with E-state index in [1.807, 2.05) is 0 Å². The van der Waals surface area contributed by atoms with Crippen molar-refractivity contribution in [3.8, 4) is 0 Å². The summed E-state index contributed by atoms with van der Waals surface area (Å²) < 4.78 is 43.3. The molecule has 4 rings (SSSR count). The van der Waals surface area contributed by atoms with Gasteiger partial charge < -0.3 is 5.32 Å². The molecule has 0 atom stereocenters. The number of benzene rings is 1. The second-order valence-corrected chi connectivity index (χ2v) is 8.21. The Morgan fingerprint density at radius 3 is 2.70 bits per heavy atom. The van der Waals surface area contributed by atoms with Crippen LogP contribution in [0.25, 0.3) is 0 Å². The molecule has 1 saturated carbocycles. The van der Waals surface area contributed by atoms with Crippen LogP contribution in [0.4, 0.5) is 19.0 Å². The average molecular weight is 503 g/mol. The van der Waals surface area contributed by atoms with Crippen molar-refractivity contribution in [1.29, 1.82) is 0 Å². The molecule has 1 aromatic carbocycles. The molecule has 0 aliphatic heterocycles. The SMILES string of the molecule is O=C(Cn1nc(C(F)F)c(Cl)c1C1CC1)Nc1nn(Cc2ccccc2F)cc1Br. The standard InChI is InChI=1S/C19H16BrClF3N5O/c20-12-8-28(7-11-3-1-2-4-13(11)22)27-19(12)25-14(30)9-29-17(10-5-6-10)15(21)16(26-29)18(23)24/h1-4,8,10,18H,5-7,9H2,(H,25,27,30). The quantitative estimate of drug-likeness (QED) is 0.487. The van der Waals surface area contributed by atoms with Gasteiger partial charge in [-0.25, -0.2) is 13.2 Å². The molecule has 158 valence electrons. The molecule has 1 aliphatic carbocycles. The van der Waals surface area contributed by atoms with Crippen LogP contribution >= 0.6 is 27.5 Å². The fourth-order valence-electron chi connectivity index (χ4n) is 3.15. The number of rotatable bonds is 7. The Kier molecular flexibility index (Phi) is 5.88. The molecule has 0 unspecified atom stereocenters. The van der Waals surface area contributed by atoms with E-state index in [2.05, 4.69) is 31.4 Å². The first-order valence-electron chi connectivity index (χ1n) is 9.14. The maximum absolute atomic E-state index is 13.8. The van der Waals surface area contributed by atoms with Gasteiger partial charge >= 0.3 is 0 Å². The molecule has 0 saturated heterocycles. The Bertz CT molecular complexity index is 1100. The Labute approximate surface area is 183 Å². The monoisotopic (exact) mass is 501 g/mol. The number of nitrogens with zero attached hydrogens (tertiary/aromatic N) is 4. The van der Waals surface area contributed by atoms with Crippen LogP contribution in [-0.4, -0.2) is 25.5 Å². The Morgan fingerprint density at radius 1 is 1.30 bits per heavy atom. The van der Waals surface area contributed by atoms with E-state index in [-0.39, 0.29) is 35.7 Å². The molecule has 1 aliphatic rings. The fourth-order valence-corrected chi connectivity index (χ4v) is 3.94. The van der Waals surface area contributed by atoms with Crippen molar-refractivity contribution < 1.29 is 18.0 Å². The molecule has 2 heterocycles. The van der Waals surface area contributed by atoms with E-state index < -0.39 is 18.0 Å². The topological polar surface area (TPSA) is 64.7 Å². The minimum Gasteiger partial charge on any atom is -0.307 e. The fraction of sp³-hybridized carbons (Fsp3) is 0.316. The van der Waals surface area contributed by atoms with Crippen LogP contribution in [0, 0.1) is 5.82 Å². The maximum Gasteiger partial charge on any atom is 0.283 e. The maximum atomic E-state index is 13.8. The lowest BCUT2D eigenvalue weighted by molar-refractivity contribution is -0.117. The van der Waals surface area contributed by atoms with Crippen LogP contribution in [0.2, 0.25) is 5.02 Å². The Balaban J connectivity index is 1.48. The van der Waals surface area contributed by atoms with Gasteiger partial charge in [-0.15, -0.1) is 0 Å². The molecule has 3 aromatic rings. The van der Waals surface area contributed by atoms with E-state index in [4.69, 9.17) is 11.6 Å². The van der Waals surface area contributed by atoms with Crippen molar-refractivity contribution in [3.63, 3.8) is 0 Å². The molecular formula is C19H16BrClF3N5O. The average Bonchev–Trinajstić information content (AvgIpc) is 3.38. The van der Waals surface area contributed by atoms with Gasteiger partial charge in [0.2, 0.25) is 5.91 Å². The Hall–Kier alpha value is -2.33. The molecule has 0 bridgehead atoms. The van der Waals surface area contributed by atoms with Crippen LogP contribution in [0.15, 0.2) is 34.9 Å². The minimum atomic E-state index is -2.82. The van der Waals surface area contributed by atoms with Crippen molar-refractivity contribution in [2.24, 2.45) is 0 Å². The van der Waals surface area contributed by atoms with Gasteiger partial charge in [0.25, 0.3) is 6.43 Å². The molecule has 6 nitrogen and oxygen atoms in total. The summed E-state index contributed by atoms with van der Waals surface area (Å²) >= 11 is 9.38. The highest BCUT2D eigenvalue weighted by Gasteiger charge is 2.34. The van der Waals surface area contributed by atoms with E-state index in [0.29, 0.717) is 15.7 Å². The molecule has 1 fully saturated rings. The van der Waals surface area contributed by atoms with E-state index >= 15 is 0 Å². The third-order valence-electron chi connectivity index (χ3n) is 4.69. The highest BCUT2D eigenvalue weighted by Crippen LogP contribution is 2.45. The van der Waals surface area contributed by atoms with Crippen LogP contribution in [0.3, 0.4) is 0 Å². The number of carbonyl (C=O) groups excluding carboxylic acids is 1. The Morgan fingerprint density at radius 2 is 2.03 bits per heavy atom. The van der Waals surface area contributed by atoms with Gasteiger partial charge in [0, 0.05) is 17.7 Å². The lowest BCUT2D eigenvalue weighted by atomic mass is 10.2. The number of alkyl halides is 2. The van der Waals surface area contributed by atoms with Gasteiger partial charge in [0.1, 0.15) is 18.1 Å². The number of amides is 1. The lowest BCUT2D eigenvalue weighted by Crippen LogP contribution is -2.21. The number of anilines is 1. The number of halogens is 5. The number of hydrogen-bond donors (Lipinski definition) is 1. The second kappa shape index (κ2) is 8.43. The van der Waals surface area contributed by atoms with E-state index in [1.165, 1.54) is 15.4 Å². The van der Waals surface area contributed by atoms with E-state index in [1.54, 1.807) is 24.4 Å². The lowest BCUT2D eigenvalue weighted by Gasteiger charge is -2.07. The van der Waals surface area contributed by atoms with Crippen LogP contribution in [0.5, 0.6) is 0 Å². The molecule has 30 heavy (non-hydrogen) atoms. The summed E-state index contributed by atoms with van der Waals surface area (Å²) in [6.07, 6.45) is 0.434. The minimum absolute atomic E-state index is 0.0389. The van der Waals surface area contributed by atoms with Gasteiger partial charge in [0.15, 0.2) is 5.82 Å². The third kappa shape index (κ3) is 4.39. The highest BCUT2D eigenvalue weighted by atomic mass is 79.9. The van der Waals surface area contributed by atoms with Crippen molar-refractivity contribution in [3.05, 3.63) is 62.7 Å². The summed E-state index contributed by atoms with van der Waals surface area (Å²) in [6, 6.07) is 6.32. The number of aromatic nitrogens is 4. The number of nitrogens with one attached hydrogen (secondary N) is 1. The smallest absolute Gasteiger partial charge is 0.283 e. The van der Waals surface area contributed by atoms with Crippen LogP contribution in [0.1, 0.15) is 42.1 Å². The normalized spacial score (nSPS) is 13.8. The van der Waals surface area contributed by atoms with Crippen LogP contribution in [-0.2, 0) is 17.9 Å². The second-order valence-electron chi connectivity index (χ2n) is 6.98. The predicted molar refractivity (Wildman–Crippen MR) is 108 cm³/mol. The zero-order valence-electron chi connectivity index (χ0n) is 15.5. The molecule has 1 N–H and O–H groups in total. The molecule has 2 aromatic heterocycles. The molecule has 11 heteroatoms. The summed E-state index contributed by atoms with van der Waals surface area (Å²) in [5.74, 6) is -0.574. The zero-order chi connectivity index (χ0) is 21.4. The molecular weight excluding hydrogens is 487 g/mol. The van der Waals surface area contributed by atoms with Crippen molar-refractivity contribution >= 4 is 39.3 Å².